The predicted octanol–water partition coefficient (Wildman–Crippen LogP) is 5.30. The summed E-state index contributed by atoms with van der Waals surface area (Å²) in [5.74, 6) is 5.53. The Bertz CT molecular complexity index is 808. The van der Waals surface area contributed by atoms with E-state index in [0.717, 1.165) is 47.6 Å². The van der Waals surface area contributed by atoms with Crippen LogP contribution in [-0.2, 0) is 0 Å². The highest BCUT2D eigenvalue weighted by molar-refractivity contribution is 5.19. The maximum Gasteiger partial charge on any atom is 0.0506 e. The molecule has 0 radical (unpaired) electrons. The van der Waals surface area contributed by atoms with Crippen molar-refractivity contribution in [2.75, 3.05) is 53.6 Å². The van der Waals surface area contributed by atoms with Gasteiger partial charge in [-0.1, -0.05) is 41.5 Å². The van der Waals surface area contributed by atoms with Crippen molar-refractivity contribution in [2.45, 2.75) is 92.2 Å². The summed E-state index contributed by atoms with van der Waals surface area (Å²) in [4.78, 5) is 10.9. The number of hydrogen-bond acceptors (Lipinski definition) is 4. The first-order valence-corrected chi connectivity index (χ1v) is 15.3. The molecule has 6 fully saturated rings. The lowest BCUT2D eigenvalue weighted by Gasteiger charge is -2.56. The molecule has 2 aliphatic heterocycles. The average molecular weight is 485 g/mol. The summed E-state index contributed by atoms with van der Waals surface area (Å²) < 4.78 is 0. The highest BCUT2D eigenvalue weighted by atomic mass is 15.3. The van der Waals surface area contributed by atoms with Gasteiger partial charge in [-0.25, -0.2) is 0 Å². The molecule has 9 unspecified atom stereocenters. The van der Waals surface area contributed by atoms with Gasteiger partial charge in [0, 0.05) is 25.2 Å². The van der Waals surface area contributed by atoms with Crippen molar-refractivity contribution in [3.63, 3.8) is 0 Å². The summed E-state index contributed by atoms with van der Waals surface area (Å²) in [5.41, 5.74) is 1.59. The third-order valence-electron chi connectivity index (χ3n) is 12.9. The quantitative estimate of drug-likeness (QED) is 0.527. The second-order valence-electron chi connectivity index (χ2n) is 15.8. The standard InChI is InChI=1S/C31H56N4/c1-9-34-19-33(8)16-22-12-25-24(13-27(22)34)30(5,6)18-31(25)17-29(3,4)23-11-21-15-32(7)20-35(10-2)28(21)14-26(23)31/h21-28H,9-20H2,1-8H3. The van der Waals surface area contributed by atoms with Crippen LogP contribution in [0, 0.1) is 51.8 Å². The molecule has 0 aromatic rings. The van der Waals surface area contributed by atoms with E-state index in [2.05, 4.69) is 75.2 Å². The van der Waals surface area contributed by atoms with Gasteiger partial charge >= 0.3 is 0 Å². The molecule has 1 spiro atoms. The number of fused-ring (bicyclic) bond motifs is 6. The van der Waals surface area contributed by atoms with Gasteiger partial charge in [-0.3, -0.25) is 19.6 Å². The molecule has 0 bridgehead atoms. The lowest BCUT2D eigenvalue weighted by atomic mass is 9.56. The Morgan fingerprint density at radius 1 is 0.600 bits per heavy atom. The summed E-state index contributed by atoms with van der Waals surface area (Å²) in [6.07, 6.45) is 8.97. The number of hydrogen-bond donors (Lipinski definition) is 0. The van der Waals surface area contributed by atoms with Gasteiger partial charge in [0.1, 0.15) is 0 Å². The van der Waals surface area contributed by atoms with Crippen LogP contribution in [0.5, 0.6) is 0 Å². The van der Waals surface area contributed by atoms with Crippen molar-refractivity contribution >= 4 is 0 Å². The van der Waals surface area contributed by atoms with Gasteiger partial charge in [-0.2, -0.15) is 0 Å². The molecule has 4 aliphatic carbocycles. The van der Waals surface area contributed by atoms with Crippen LogP contribution in [0.4, 0.5) is 0 Å². The van der Waals surface area contributed by atoms with Gasteiger partial charge in [-0.05, 0) is 117 Å². The first kappa shape index (κ1) is 25.1. The largest absolute Gasteiger partial charge is 0.293 e. The SMILES string of the molecule is CCN1CN(C)CC2CC3C(CC21)C(C)(C)CC31CC(C)(C)C2CC3CN(C)CN(CC)C3CC21. The lowest BCUT2D eigenvalue weighted by Crippen LogP contribution is -2.60. The molecule has 4 nitrogen and oxygen atoms in total. The number of nitrogens with zero attached hydrogens (tertiary/aromatic N) is 4. The summed E-state index contributed by atoms with van der Waals surface area (Å²) in [7, 11) is 4.73. The van der Waals surface area contributed by atoms with Crippen LogP contribution in [0.15, 0.2) is 0 Å². The molecule has 0 amide bonds. The Morgan fingerprint density at radius 2 is 1.00 bits per heavy atom. The minimum Gasteiger partial charge on any atom is -0.293 e. The molecular weight excluding hydrogens is 428 g/mol. The van der Waals surface area contributed by atoms with Crippen molar-refractivity contribution < 1.29 is 0 Å². The molecule has 6 rings (SSSR count). The van der Waals surface area contributed by atoms with Crippen molar-refractivity contribution in [3.05, 3.63) is 0 Å². The monoisotopic (exact) mass is 484 g/mol. The van der Waals surface area contributed by atoms with Crippen LogP contribution < -0.4 is 0 Å². The summed E-state index contributed by atoms with van der Waals surface area (Å²) in [6.45, 7) is 23.0. The Hall–Kier alpha value is -0.160. The van der Waals surface area contributed by atoms with Crippen LogP contribution in [0.25, 0.3) is 0 Å². The van der Waals surface area contributed by atoms with E-state index in [1.807, 2.05) is 0 Å². The van der Waals surface area contributed by atoms with Gasteiger partial charge in [0.25, 0.3) is 0 Å². The fourth-order valence-corrected chi connectivity index (χ4v) is 12.0. The normalized spacial score (nSPS) is 50.1. The van der Waals surface area contributed by atoms with E-state index in [9.17, 15) is 0 Å². The van der Waals surface area contributed by atoms with Crippen molar-refractivity contribution in [3.8, 4) is 0 Å². The fourth-order valence-electron chi connectivity index (χ4n) is 12.0. The molecule has 200 valence electrons. The van der Waals surface area contributed by atoms with E-state index in [1.54, 1.807) is 0 Å². The molecule has 4 saturated carbocycles. The minimum atomic E-state index is 0.497. The molecule has 2 heterocycles. The van der Waals surface area contributed by atoms with Gasteiger partial charge < -0.3 is 0 Å². The van der Waals surface area contributed by atoms with Gasteiger partial charge in [0.15, 0.2) is 0 Å². The van der Waals surface area contributed by atoms with Crippen molar-refractivity contribution in [1.82, 2.24) is 19.6 Å². The highest BCUT2D eigenvalue weighted by Gasteiger charge is 2.69. The van der Waals surface area contributed by atoms with Crippen LogP contribution >= 0.6 is 0 Å². The van der Waals surface area contributed by atoms with E-state index in [-0.39, 0.29) is 0 Å². The molecule has 0 aromatic heterocycles. The lowest BCUT2D eigenvalue weighted by molar-refractivity contribution is -0.0812. The average Bonchev–Trinajstić information content (AvgIpc) is 3.14. The highest BCUT2D eigenvalue weighted by Crippen LogP contribution is 2.75. The van der Waals surface area contributed by atoms with Gasteiger partial charge in [0.2, 0.25) is 0 Å². The van der Waals surface area contributed by atoms with Crippen LogP contribution in [0.3, 0.4) is 0 Å². The van der Waals surface area contributed by atoms with E-state index >= 15 is 0 Å². The van der Waals surface area contributed by atoms with Gasteiger partial charge in [0.05, 0.1) is 13.3 Å². The molecule has 35 heavy (non-hydrogen) atoms. The van der Waals surface area contributed by atoms with E-state index in [1.165, 1.54) is 78.0 Å². The molecule has 0 N–H and O–H groups in total. The van der Waals surface area contributed by atoms with E-state index < -0.39 is 0 Å². The smallest absolute Gasteiger partial charge is 0.0506 e. The summed E-state index contributed by atoms with van der Waals surface area (Å²) >= 11 is 0. The zero-order chi connectivity index (χ0) is 24.9. The first-order valence-electron chi connectivity index (χ1n) is 15.3. The topological polar surface area (TPSA) is 13.0 Å². The summed E-state index contributed by atoms with van der Waals surface area (Å²) in [5, 5.41) is 0. The molecule has 9 atom stereocenters. The Morgan fingerprint density at radius 3 is 1.49 bits per heavy atom. The summed E-state index contributed by atoms with van der Waals surface area (Å²) in [6, 6.07) is 1.66. The third kappa shape index (κ3) is 3.73. The first-order chi connectivity index (χ1) is 16.5. The van der Waals surface area contributed by atoms with Crippen molar-refractivity contribution in [1.29, 1.82) is 0 Å². The zero-order valence-corrected chi connectivity index (χ0v) is 24.4. The second kappa shape index (κ2) is 8.42. The van der Waals surface area contributed by atoms with Crippen LogP contribution in [0.1, 0.15) is 80.1 Å². The molecule has 6 aliphatic rings. The second-order valence-corrected chi connectivity index (χ2v) is 15.8. The molecular formula is C31H56N4. The Kier molecular flexibility index (Phi) is 6.05. The predicted molar refractivity (Wildman–Crippen MR) is 146 cm³/mol. The van der Waals surface area contributed by atoms with Crippen LogP contribution in [-0.4, -0.2) is 85.3 Å². The maximum absolute atomic E-state index is 2.85. The van der Waals surface area contributed by atoms with E-state index in [4.69, 9.17) is 0 Å². The third-order valence-corrected chi connectivity index (χ3v) is 12.9. The molecule has 2 saturated heterocycles. The number of rotatable bonds is 2. The Balaban J connectivity index is 1.35. The zero-order valence-electron chi connectivity index (χ0n) is 24.4. The van der Waals surface area contributed by atoms with Gasteiger partial charge in [-0.15, -0.1) is 0 Å². The van der Waals surface area contributed by atoms with E-state index in [0.29, 0.717) is 16.2 Å². The van der Waals surface area contributed by atoms with Crippen molar-refractivity contribution in [2.24, 2.45) is 51.8 Å². The van der Waals surface area contributed by atoms with Crippen LogP contribution in [0.2, 0.25) is 0 Å². The molecule has 0 aromatic carbocycles. The minimum absolute atomic E-state index is 0.497. The fraction of sp³-hybridized carbons (Fsp3) is 1.00. The molecule has 4 heteroatoms. The Labute approximate surface area is 217 Å². The maximum atomic E-state index is 2.85.